The average molecular weight is 282 g/mol. The molecule has 2 rings (SSSR count). The summed E-state index contributed by atoms with van der Waals surface area (Å²) in [5.74, 6) is -2.22. The highest BCUT2D eigenvalue weighted by molar-refractivity contribution is 5.94. The summed E-state index contributed by atoms with van der Waals surface area (Å²) in [6.07, 6.45) is 7.51. The van der Waals surface area contributed by atoms with E-state index in [1.807, 2.05) is 0 Å². The second kappa shape index (κ2) is 6.77. The van der Waals surface area contributed by atoms with E-state index in [4.69, 9.17) is 0 Å². The molecule has 0 atom stereocenters. The van der Waals surface area contributed by atoms with Crippen LogP contribution in [0.2, 0.25) is 0 Å². The smallest absolute Gasteiger partial charge is 0.254 e. The summed E-state index contributed by atoms with van der Waals surface area (Å²) in [6.45, 7) is 2.18. The van der Waals surface area contributed by atoms with Gasteiger partial charge in [-0.05, 0) is 37.7 Å². The number of pyridine rings is 1. The second-order valence-electron chi connectivity index (χ2n) is 5.44. The van der Waals surface area contributed by atoms with Crippen LogP contribution in [0.15, 0.2) is 12.3 Å². The summed E-state index contributed by atoms with van der Waals surface area (Å²) < 4.78 is 26.5. The van der Waals surface area contributed by atoms with E-state index in [9.17, 15) is 13.6 Å². The minimum atomic E-state index is -1.23. The molecule has 1 N–H and O–H groups in total. The van der Waals surface area contributed by atoms with Crippen molar-refractivity contribution in [3.8, 4) is 0 Å². The Morgan fingerprint density at radius 1 is 1.35 bits per heavy atom. The van der Waals surface area contributed by atoms with Gasteiger partial charge in [-0.3, -0.25) is 4.79 Å². The monoisotopic (exact) mass is 282 g/mol. The molecule has 1 aromatic rings. The molecule has 0 aliphatic heterocycles. The summed E-state index contributed by atoms with van der Waals surface area (Å²) in [5.41, 5.74) is -0.270. The van der Waals surface area contributed by atoms with Crippen molar-refractivity contribution in [3.63, 3.8) is 0 Å². The molecule has 5 heteroatoms. The molecule has 0 saturated heterocycles. The van der Waals surface area contributed by atoms with E-state index in [1.54, 1.807) is 0 Å². The van der Waals surface area contributed by atoms with Gasteiger partial charge in [-0.2, -0.15) is 4.39 Å². The van der Waals surface area contributed by atoms with Crippen molar-refractivity contribution in [2.24, 2.45) is 5.92 Å². The first-order chi connectivity index (χ1) is 9.61. The lowest BCUT2D eigenvalue weighted by molar-refractivity contribution is 0.0915. The van der Waals surface area contributed by atoms with Gasteiger partial charge in [0.2, 0.25) is 5.95 Å². The van der Waals surface area contributed by atoms with Crippen LogP contribution < -0.4 is 5.32 Å². The second-order valence-corrected chi connectivity index (χ2v) is 5.44. The van der Waals surface area contributed by atoms with Gasteiger partial charge >= 0.3 is 0 Å². The number of halogens is 2. The van der Waals surface area contributed by atoms with Crippen LogP contribution in [0.4, 0.5) is 8.78 Å². The molecule has 0 radical (unpaired) electrons. The molecule has 3 nitrogen and oxygen atoms in total. The molecule has 0 aromatic carbocycles. The van der Waals surface area contributed by atoms with E-state index in [0.717, 1.165) is 37.8 Å². The number of nitrogens with zero attached hydrogens (tertiary/aromatic N) is 1. The van der Waals surface area contributed by atoms with Gasteiger partial charge in [0.25, 0.3) is 5.91 Å². The van der Waals surface area contributed by atoms with Crippen LogP contribution in [0.25, 0.3) is 0 Å². The Morgan fingerprint density at radius 2 is 2.05 bits per heavy atom. The molecule has 1 fully saturated rings. The quantitative estimate of drug-likeness (QED) is 0.859. The highest BCUT2D eigenvalue weighted by atomic mass is 19.2. The summed E-state index contributed by atoms with van der Waals surface area (Å²) in [4.78, 5) is 15.1. The Hall–Kier alpha value is -1.52. The molecule has 0 spiro atoms. The number of hydrogen-bond acceptors (Lipinski definition) is 2. The Kier molecular flexibility index (Phi) is 5.04. The third kappa shape index (κ3) is 3.52. The first kappa shape index (κ1) is 14.9. The number of aromatic nitrogens is 1. The summed E-state index contributed by atoms with van der Waals surface area (Å²) in [7, 11) is 0. The van der Waals surface area contributed by atoms with E-state index in [1.165, 1.54) is 18.9 Å². The lowest BCUT2D eigenvalue weighted by Gasteiger charge is -2.29. The normalized spacial score (nSPS) is 22.6. The molecule has 1 amide bonds. The van der Waals surface area contributed by atoms with Crippen molar-refractivity contribution in [2.75, 3.05) is 0 Å². The van der Waals surface area contributed by atoms with Gasteiger partial charge in [-0.1, -0.05) is 19.8 Å². The van der Waals surface area contributed by atoms with Crippen LogP contribution >= 0.6 is 0 Å². The van der Waals surface area contributed by atoms with E-state index < -0.39 is 17.7 Å². The predicted octanol–water partition coefficient (Wildman–Crippen LogP) is 3.45. The molecule has 110 valence electrons. The zero-order valence-corrected chi connectivity index (χ0v) is 11.7. The van der Waals surface area contributed by atoms with Crippen molar-refractivity contribution in [2.45, 2.75) is 51.5 Å². The van der Waals surface area contributed by atoms with Gasteiger partial charge in [0.15, 0.2) is 5.82 Å². The summed E-state index contributed by atoms with van der Waals surface area (Å²) in [6, 6.07) is 1.27. The summed E-state index contributed by atoms with van der Waals surface area (Å²) >= 11 is 0. The highest BCUT2D eigenvalue weighted by Gasteiger charge is 2.24. The molecule has 1 aliphatic carbocycles. The van der Waals surface area contributed by atoms with Crippen LogP contribution in [0.5, 0.6) is 0 Å². The third-order valence-electron chi connectivity index (χ3n) is 3.97. The zero-order chi connectivity index (χ0) is 14.5. The largest absolute Gasteiger partial charge is 0.349 e. The van der Waals surface area contributed by atoms with Gasteiger partial charge in [0.05, 0.1) is 5.56 Å². The Morgan fingerprint density at radius 3 is 2.70 bits per heavy atom. The van der Waals surface area contributed by atoms with E-state index in [-0.39, 0.29) is 11.6 Å². The van der Waals surface area contributed by atoms with Gasteiger partial charge in [-0.25, -0.2) is 9.37 Å². The number of carbonyl (C=O) groups excluding carboxylic acids is 1. The van der Waals surface area contributed by atoms with Crippen molar-refractivity contribution in [3.05, 3.63) is 29.6 Å². The van der Waals surface area contributed by atoms with Crippen molar-refractivity contribution in [1.29, 1.82) is 0 Å². The van der Waals surface area contributed by atoms with Gasteiger partial charge < -0.3 is 5.32 Å². The molecule has 1 saturated carbocycles. The Labute approximate surface area is 117 Å². The molecule has 1 aliphatic rings. The SMILES string of the molecule is CCCC1CCC(NC(=O)c2ccnc(F)c2F)CC1. The van der Waals surface area contributed by atoms with Crippen molar-refractivity contribution in [1.82, 2.24) is 10.3 Å². The molecule has 1 heterocycles. The molecular weight excluding hydrogens is 262 g/mol. The average Bonchev–Trinajstić information content (AvgIpc) is 2.44. The van der Waals surface area contributed by atoms with Crippen LogP contribution in [-0.2, 0) is 0 Å². The van der Waals surface area contributed by atoms with Gasteiger partial charge in [0, 0.05) is 12.2 Å². The fourth-order valence-electron chi connectivity index (χ4n) is 2.86. The minimum absolute atomic E-state index is 0.0613. The Bertz CT molecular complexity index is 471. The number of nitrogens with one attached hydrogen (secondary N) is 1. The fraction of sp³-hybridized carbons (Fsp3) is 0.600. The van der Waals surface area contributed by atoms with E-state index in [2.05, 4.69) is 17.2 Å². The van der Waals surface area contributed by atoms with E-state index in [0.29, 0.717) is 0 Å². The standard InChI is InChI=1S/C15H20F2N2O/c1-2-3-10-4-6-11(7-5-10)19-15(20)12-8-9-18-14(17)13(12)16/h8-11H,2-7H2,1H3,(H,19,20). The van der Waals surface area contributed by atoms with E-state index >= 15 is 0 Å². The van der Waals surface area contributed by atoms with Crippen molar-refractivity contribution < 1.29 is 13.6 Å². The lowest BCUT2D eigenvalue weighted by Crippen LogP contribution is -2.38. The number of amides is 1. The van der Waals surface area contributed by atoms with Gasteiger partial charge in [-0.15, -0.1) is 0 Å². The number of carbonyl (C=O) groups is 1. The van der Waals surface area contributed by atoms with Crippen LogP contribution in [0.3, 0.4) is 0 Å². The van der Waals surface area contributed by atoms with Gasteiger partial charge in [0.1, 0.15) is 0 Å². The molecular formula is C15H20F2N2O. The lowest BCUT2D eigenvalue weighted by atomic mass is 9.83. The molecule has 0 unspecified atom stereocenters. The maximum Gasteiger partial charge on any atom is 0.254 e. The predicted molar refractivity (Wildman–Crippen MR) is 72.3 cm³/mol. The molecule has 20 heavy (non-hydrogen) atoms. The first-order valence-corrected chi connectivity index (χ1v) is 7.22. The fourth-order valence-corrected chi connectivity index (χ4v) is 2.86. The minimum Gasteiger partial charge on any atom is -0.349 e. The molecule has 1 aromatic heterocycles. The maximum atomic E-state index is 13.5. The first-order valence-electron chi connectivity index (χ1n) is 7.22. The van der Waals surface area contributed by atoms with Crippen LogP contribution in [0.1, 0.15) is 55.8 Å². The number of rotatable bonds is 4. The highest BCUT2D eigenvalue weighted by Crippen LogP contribution is 2.27. The molecule has 0 bridgehead atoms. The van der Waals surface area contributed by atoms with Crippen LogP contribution in [0, 0.1) is 17.7 Å². The third-order valence-corrected chi connectivity index (χ3v) is 3.97. The number of hydrogen-bond donors (Lipinski definition) is 1. The Balaban J connectivity index is 1.91. The van der Waals surface area contributed by atoms with Crippen LogP contribution in [-0.4, -0.2) is 16.9 Å². The topological polar surface area (TPSA) is 42.0 Å². The summed E-state index contributed by atoms with van der Waals surface area (Å²) in [5, 5.41) is 2.79. The maximum absolute atomic E-state index is 13.5. The zero-order valence-electron chi connectivity index (χ0n) is 11.7. The van der Waals surface area contributed by atoms with Crippen molar-refractivity contribution >= 4 is 5.91 Å².